The summed E-state index contributed by atoms with van der Waals surface area (Å²) in [6.45, 7) is 6.22. The van der Waals surface area contributed by atoms with Gasteiger partial charge < -0.3 is 9.88 Å². The van der Waals surface area contributed by atoms with Gasteiger partial charge in [-0.05, 0) is 31.9 Å². The number of carbonyl (C=O) groups is 1. The fraction of sp³-hybridized carbons (Fsp3) is 0.333. The molecule has 0 bridgehead atoms. The molecule has 156 valence electrons. The number of anilines is 1. The number of carbonyl (C=O) groups excluding carboxylic acids is 1. The van der Waals surface area contributed by atoms with E-state index in [4.69, 9.17) is 0 Å². The fourth-order valence-electron chi connectivity index (χ4n) is 3.37. The lowest BCUT2D eigenvalue weighted by Crippen LogP contribution is -2.23. The van der Waals surface area contributed by atoms with Gasteiger partial charge in [0.2, 0.25) is 5.91 Å². The van der Waals surface area contributed by atoms with E-state index in [-0.39, 0.29) is 22.9 Å². The number of hydrogen-bond donors (Lipinski definition) is 1. The summed E-state index contributed by atoms with van der Waals surface area (Å²) in [5.74, 6) is 1.30. The van der Waals surface area contributed by atoms with E-state index in [9.17, 15) is 9.59 Å². The minimum atomic E-state index is -0.259. The number of aromatic nitrogens is 5. The molecule has 0 spiro atoms. The number of hydrogen-bond acceptors (Lipinski definition) is 5. The van der Waals surface area contributed by atoms with Crippen LogP contribution in [0.2, 0.25) is 0 Å². The number of allylic oxidation sites excluding steroid dienone is 1. The van der Waals surface area contributed by atoms with Crippen LogP contribution in [0.5, 0.6) is 0 Å². The van der Waals surface area contributed by atoms with Crippen molar-refractivity contribution in [3.8, 4) is 5.69 Å². The van der Waals surface area contributed by atoms with Gasteiger partial charge >= 0.3 is 0 Å². The summed E-state index contributed by atoms with van der Waals surface area (Å²) in [6, 6.07) is 9.34. The summed E-state index contributed by atoms with van der Waals surface area (Å²) < 4.78 is 5.29. The van der Waals surface area contributed by atoms with Gasteiger partial charge in [0.1, 0.15) is 11.5 Å². The number of rotatable bonds is 8. The molecule has 1 aliphatic carbocycles. The SMILES string of the molecule is C=CCn1c(SCC(=O)Nc2c(C)n(C)n(-c3ccccc3)c2=O)nnc1C1CC1. The zero-order chi connectivity index (χ0) is 21.3. The van der Waals surface area contributed by atoms with Gasteiger partial charge in [-0.25, -0.2) is 4.68 Å². The highest BCUT2D eigenvalue weighted by molar-refractivity contribution is 7.99. The Hall–Kier alpha value is -3.07. The minimum Gasteiger partial charge on any atom is -0.319 e. The Kier molecular flexibility index (Phi) is 5.63. The number of nitrogens with zero attached hydrogens (tertiary/aromatic N) is 5. The van der Waals surface area contributed by atoms with E-state index in [1.165, 1.54) is 11.8 Å². The van der Waals surface area contributed by atoms with Crippen LogP contribution in [0.15, 0.2) is 52.9 Å². The summed E-state index contributed by atoms with van der Waals surface area (Å²) >= 11 is 1.31. The van der Waals surface area contributed by atoms with Crippen LogP contribution in [0.25, 0.3) is 5.69 Å². The maximum absolute atomic E-state index is 12.9. The smallest absolute Gasteiger partial charge is 0.295 e. The van der Waals surface area contributed by atoms with Crippen LogP contribution in [-0.4, -0.2) is 35.8 Å². The van der Waals surface area contributed by atoms with E-state index in [2.05, 4.69) is 22.1 Å². The highest BCUT2D eigenvalue weighted by atomic mass is 32.2. The van der Waals surface area contributed by atoms with Crippen molar-refractivity contribution in [2.45, 2.75) is 37.4 Å². The summed E-state index contributed by atoms with van der Waals surface area (Å²) in [7, 11) is 1.80. The predicted molar refractivity (Wildman–Crippen MR) is 117 cm³/mol. The molecule has 1 saturated carbocycles. The maximum atomic E-state index is 12.9. The van der Waals surface area contributed by atoms with Crippen molar-refractivity contribution >= 4 is 23.4 Å². The van der Waals surface area contributed by atoms with E-state index in [0.717, 1.165) is 24.4 Å². The first-order valence-corrected chi connectivity index (χ1v) is 10.8. The summed E-state index contributed by atoms with van der Waals surface area (Å²) in [5.41, 5.74) is 1.46. The molecule has 2 heterocycles. The zero-order valence-corrected chi connectivity index (χ0v) is 17.9. The van der Waals surface area contributed by atoms with Crippen LogP contribution in [0.4, 0.5) is 5.69 Å². The Morgan fingerprint density at radius 2 is 2.03 bits per heavy atom. The molecular formula is C21H24N6O2S. The first kappa shape index (κ1) is 20.2. The number of amides is 1. The Morgan fingerprint density at radius 3 is 2.70 bits per heavy atom. The van der Waals surface area contributed by atoms with E-state index in [1.54, 1.807) is 22.5 Å². The molecule has 1 N–H and O–H groups in total. The van der Waals surface area contributed by atoms with Crippen molar-refractivity contribution in [1.29, 1.82) is 0 Å². The topological polar surface area (TPSA) is 86.7 Å². The third-order valence-electron chi connectivity index (χ3n) is 5.15. The molecule has 3 aromatic rings. The third kappa shape index (κ3) is 3.85. The van der Waals surface area contributed by atoms with Crippen LogP contribution >= 0.6 is 11.8 Å². The second-order valence-corrected chi connectivity index (χ2v) is 8.23. The van der Waals surface area contributed by atoms with E-state index in [0.29, 0.717) is 23.3 Å². The van der Waals surface area contributed by atoms with Gasteiger partial charge in [-0.3, -0.25) is 14.3 Å². The van der Waals surface area contributed by atoms with Gasteiger partial charge in [0.15, 0.2) is 5.16 Å². The second-order valence-electron chi connectivity index (χ2n) is 7.29. The molecule has 1 aliphatic rings. The van der Waals surface area contributed by atoms with Crippen molar-refractivity contribution in [3.05, 3.63) is 64.9 Å². The molecule has 9 heteroatoms. The number of nitrogens with one attached hydrogen (secondary N) is 1. The lowest BCUT2D eigenvalue weighted by Gasteiger charge is -2.07. The van der Waals surface area contributed by atoms with Gasteiger partial charge in [-0.2, -0.15) is 0 Å². The zero-order valence-electron chi connectivity index (χ0n) is 17.0. The van der Waals surface area contributed by atoms with Gasteiger partial charge in [-0.1, -0.05) is 36.0 Å². The van der Waals surface area contributed by atoms with Gasteiger partial charge in [0, 0.05) is 19.5 Å². The quantitative estimate of drug-likeness (QED) is 0.444. The highest BCUT2D eigenvalue weighted by Crippen LogP contribution is 2.40. The maximum Gasteiger partial charge on any atom is 0.295 e. The largest absolute Gasteiger partial charge is 0.319 e. The standard InChI is InChI=1S/C21H24N6O2S/c1-4-12-26-19(15-10-11-15)23-24-21(26)30-13-17(28)22-18-14(2)25(3)27(20(18)29)16-8-6-5-7-9-16/h4-9,15H,1,10-13H2,2-3H3,(H,22,28). The summed E-state index contributed by atoms with van der Waals surface area (Å²) in [4.78, 5) is 25.5. The predicted octanol–water partition coefficient (Wildman–Crippen LogP) is 2.87. The molecule has 8 nitrogen and oxygen atoms in total. The fourth-order valence-corrected chi connectivity index (χ4v) is 4.12. The van der Waals surface area contributed by atoms with Crippen LogP contribution in [0, 0.1) is 6.92 Å². The third-order valence-corrected chi connectivity index (χ3v) is 6.12. The first-order valence-electron chi connectivity index (χ1n) is 9.82. The average molecular weight is 425 g/mol. The molecule has 0 radical (unpaired) electrons. The molecular weight excluding hydrogens is 400 g/mol. The molecule has 2 aromatic heterocycles. The number of benzene rings is 1. The monoisotopic (exact) mass is 424 g/mol. The Morgan fingerprint density at radius 1 is 1.30 bits per heavy atom. The van der Waals surface area contributed by atoms with E-state index in [1.807, 2.05) is 41.8 Å². The first-order chi connectivity index (χ1) is 14.5. The van der Waals surface area contributed by atoms with Crippen molar-refractivity contribution in [1.82, 2.24) is 24.1 Å². The van der Waals surface area contributed by atoms with Crippen molar-refractivity contribution < 1.29 is 4.79 Å². The van der Waals surface area contributed by atoms with Gasteiger partial charge in [0.25, 0.3) is 5.56 Å². The summed E-state index contributed by atoms with van der Waals surface area (Å²) in [5, 5.41) is 12.0. The average Bonchev–Trinajstić information content (AvgIpc) is 3.48. The normalized spacial score (nSPS) is 13.4. The van der Waals surface area contributed by atoms with Crippen LogP contribution < -0.4 is 10.9 Å². The summed E-state index contributed by atoms with van der Waals surface area (Å²) in [6.07, 6.45) is 4.06. The number of thioether (sulfide) groups is 1. The Bertz CT molecular complexity index is 1140. The van der Waals surface area contributed by atoms with Crippen molar-refractivity contribution in [2.24, 2.45) is 7.05 Å². The molecule has 30 heavy (non-hydrogen) atoms. The molecule has 1 amide bonds. The molecule has 0 unspecified atom stereocenters. The van der Waals surface area contributed by atoms with E-state index >= 15 is 0 Å². The molecule has 1 aromatic carbocycles. The lowest BCUT2D eigenvalue weighted by molar-refractivity contribution is -0.113. The minimum absolute atomic E-state index is 0.138. The molecule has 1 fully saturated rings. The van der Waals surface area contributed by atoms with Crippen LogP contribution in [-0.2, 0) is 18.4 Å². The molecule has 0 aliphatic heterocycles. The van der Waals surface area contributed by atoms with Crippen LogP contribution in [0.1, 0.15) is 30.3 Å². The second kappa shape index (κ2) is 8.35. The molecule has 4 rings (SSSR count). The number of para-hydroxylation sites is 1. The van der Waals surface area contributed by atoms with Crippen molar-refractivity contribution in [2.75, 3.05) is 11.1 Å². The Balaban J connectivity index is 1.49. The van der Waals surface area contributed by atoms with Crippen molar-refractivity contribution in [3.63, 3.8) is 0 Å². The molecule has 0 atom stereocenters. The van der Waals surface area contributed by atoms with Crippen LogP contribution in [0.3, 0.4) is 0 Å². The highest BCUT2D eigenvalue weighted by Gasteiger charge is 2.30. The molecule has 0 saturated heterocycles. The van der Waals surface area contributed by atoms with Gasteiger partial charge in [0.05, 0.1) is 17.1 Å². The van der Waals surface area contributed by atoms with Gasteiger partial charge in [-0.15, -0.1) is 16.8 Å². The Labute approximate surface area is 178 Å². The van der Waals surface area contributed by atoms with E-state index < -0.39 is 0 Å². The lowest BCUT2D eigenvalue weighted by atomic mass is 10.3.